The Morgan fingerprint density at radius 3 is 2.78 bits per heavy atom. The number of hydrogen-bond acceptors (Lipinski definition) is 6. The van der Waals surface area contributed by atoms with E-state index in [4.69, 9.17) is 5.73 Å². The number of hydrogen-bond donors (Lipinski definition) is 3. The van der Waals surface area contributed by atoms with Gasteiger partial charge in [0.05, 0.1) is 18.1 Å². The van der Waals surface area contributed by atoms with Crippen molar-refractivity contribution in [2.75, 3.05) is 24.6 Å². The number of carbonyl (C=O) groups is 1. The van der Waals surface area contributed by atoms with Gasteiger partial charge in [-0.3, -0.25) is 9.78 Å². The normalized spacial score (nSPS) is 11.2. The number of carbonyl (C=O) groups excluding carboxylic acids is 1. The first-order valence-corrected chi connectivity index (χ1v) is 6.93. The smallest absolute Gasteiger partial charge is 0.271 e. The second kappa shape index (κ2) is 6.26. The third kappa shape index (κ3) is 4.63. The third-order valence-corrected chi connectivity index (χ3v) is 3.38. The van der Waals surface area contributed by atoms with Gasteiger partial charge in [0.2, 0.25) is 10.0 Å². The van der Waals surface area contributed by atoms with Crippen LogP contribution >= 0.6 is 0 Å². The average Bonchev–Trinajstić information content (AvgIpc) is 2.28. The molecular formula is C9H15N5O3S. The SMILES string of the molecule is CCNS(=O)(=O)CCNC(=O)c1cncc(N)n1. The van der Waals surface area contributed by atoms with Crippen LogP contribution in [0.5, 0.6) is 0 Å². The monoisotopic (exact) mass is 273 g/mol. The molecule has 0 aromatic carbocycles. The second-order valence-electron chi connectivity index (χ2n) is 3.40. The molecule has 100 valence electrons. The molecule has 4 N–H and O–H groups in total. The Bertz CT molecular complexity index is 517. The lowest BCUT2D eigenvalue weighted by atomic mass is 10.4. The zero-order valence-electron chi connectivity index (χ0n) is 9.88. The highest BCUT2D eigenvalue weighted by Gasteiger charge is 2.11. The van der Waals surface area contributed by atoms with E-state index in [1.54, 1.807) is 6.92 Å². The van der Waals surface area contributed by atoms with Gasteiger partial charge in [-0.1, -0.05) is 6.92 Å². The first-order valence-electron chi connectivity index (χ1n) is 5.27. The molecule has 0 saturated carbocycles. The molecule has 18 heavy (non-hydrogen) atoms. The number of aromatic nitrogens is 2. The van der Waals surface area contributed by atoms with Crippen molar-refractivity contribution in [1.29, 1.82) is 0 Å². The van der Waals surface area contributed by atoms with Gasteiger partial charge in [0, 0.05) is 13.1 Å². The van der Waals surface area contributed by atoms with E-state index in [1.165, 1.54) is 12.4 Å². The van der Waals surface area contributed by atoms with E-state index in [1.807, 2.05) is 0 Å². The summed E-state index contributed by atoms with van der Waals surface area (Å²) in [5, 5.41) is 2.42. The van der Waals surface area contributed by atoms with Crippen molar-refractivity contribution >= 4 is 21.7 Å². The zero-order valence-corrected chi connectivity index (χ0v) is 10.7. The highest BCUT2D eigenvalue weighted by atomic mass is 32.2. The lowest BCUT2D eigenvalue weighted by molar-refractivity contribution is 0.0951. The molecule has 0 atom stereocenters. The molecule has 1 rings (SSSR count). The average molecular weight is 273 g/mol. The fraction of sp³-hybridized carbons (Fsp3) is 0.444. The molecule has 8 nitrogen and oxygen atoms in total. The predicted molar refractivity (Wildman–Crippen MR) is 66.2 cm³/mol. The van der Waals surface area contributed by atoms with Crippen LogP contribution < -0.4 is 15.8 Å². The quantitative estimate of drug-likeness (QED) is 0.593. The largest absolute Gasteiger partial charge is 0.382 e. The lowest BCUT2D eigenvalue weighted by Crippen LogP contribution is -2.34. The van der Waals surface area contributed by atoms with Gasteiger partial charge in [-0.2, -0.15) is 0 Å². The number of nitrogens with zero attached hydrogens (tertiary/aromatic N) is 2. The summed E-state index contributed by atoms with van der Waals surface area (Å²) in [5.74, 6) is -0.577. The molecular weight excluding hydrogens is 258 g/mol. The van der Waals surface area contributed by atoms with Gasteiger partial charge in [0.25, 0.3) is 5.91 Å². The molecule has 0 aliphatic heterocycles. The van der Waals surface area contributed by atoms with E-state index >= 15 is 0 Å². The summed E-state index contributed by atoms with van der Waals surface area (Å²) in [4.78, 5) is 19.0. The van der Waals surface area contributed by atoms with Crippen molar-refractivity contribution < 1.29 is 13.2 Å². The molecule has 9 heteroatoms. The van der Waals surface area contributed by atoms with Gasteiger partial charge in [-0.05, 0) is 0 Å². The molecule has 0 aliphatic rings. The van der Waals surface area contributed by atoms with Crippen LogP contribution in [0.25, 0.3) is 0 Å². The zero-order chi connectivity index (χ0) is 13.6. The summed E-state index contributed by atoms with van der Waals surface area (Å²) in [5.41, 5.74) is 5.43. The van der Waals surface area contributed by atoms with Crippen molar-refractivity contribution in [3.05, 3.63) is 18.1 Å². The number of anilines is 1. The summed E-state index contributed by atoms with van der Waals surface area (Å²) in [6.07, 6.45) is 2.57. The standard InChI is InChI=1S/C9H15N5O3S/c1-2-13-18(16,17)4-3-12-9(15)7-5-11-6-8(10)14-7/h5-6,13H,2-4H2,1H3,(H2,10,14)(H,12,15). The van der Waals surface area contributed by atoms with E-state index in [-0.39, 0.29) is 23.8 Å². The molecule has 1 aromatic rings. The maximum Gasteiger partial charge on any atom is 0.271 e. The van der Waals surface area contributed by atoms with E-state index in [2.05, 4.69) is 20.0 Å². The Balaban J connectivity index is 2.48. The van der Waals surface area contributed by atoms with E-state index in [0.29, 0.717) is 6.54 Å². The summed E-state index contributed by atoms with van der Waals surface area (Å²) in [6, 6.07) is 0. The number of nitrogens with one attached hydrogen (secondary N) is 2. The summed E-state index contributed by atoms with van der Waals surface area (Å²) in [7, 11) is -3.34. The van der Waals surface area contributed by atoms with Gasteiger partial charge < -0.3 is 11.1 Å². The lowest BCUT2D eigenvalue weighted by Gasteiger charge is -2.06. The number of nitrogen functional groups attached to an aromatic ring is 1. The molecule has 0 fully saturated rings. The minimum atomic E-state index is -3.34. The fourth-order valence-corrected chi connectivity index (χ4v) is 2.13. The van der Waals surface area contributed by atoms with Crippen LogP contribution in [0, 0.1) is 0 Å². The number of nitrogens with two attached hydrogens (primary N) is 1. The topological polar surface area (TPSA) is 127 Å². The molecule has 0 bridgehead atoms. The second-order valence-corrected chi connectivity index (χ2v) is 5.33. The Kier molecular flexibility index (Phi) is 4.98. The van der Waals surface area contributed by atoms with Crippen molar-refractivity contribution in [2.24, 2.45) is 0 Å². The maximum absolute atomic E-state index is 11.6. The molecule has 0 radical (unpaired) electrons. The van der Waals surface area contributed by atoms with Gasteiger partial charge in [-0.25, -0.2) is 18.1 Å². The maximum atomic E-state index is 11.6. The molecule has 0 spiro atoms. The van der Waals surface area contributed by atoms with Crippen LogP contribution in [-0.4, -0.2) is 43.1 Å². The molecule has 1 heterocycles. The minimum absolute atomic E-state index is 0.00928. The highest BCUT2D eigenvalue weighted by molar-refractivity contribution is 7.89. The van der Waals surface area contributed by atoms with Gasteiger partial charge in [0.1, 0.15) is 11.5 Å². The molecule has 1 amide bonds. The Hall–Kier alpha value is -1.74. The predicted octanol–water partition coefficient (Wildman–Crippen LogP) is -1.27. The summed E-state index contributed by atoms with van der Waals surface area (Å²) in [6.45, 7) is 1.99. The van der Waals surface area contributed by atoms with Crippen LogP contribution in [-0.2, 0) is 10.0 Å². The molecule has 0 saturated heterocycles. The molecule has 0 aliphatic carbocycles. The van der Waals surface area contributed by atoms with Crippen LogP contribution in [0.15, 0.2) is 12.4 Å². The number of sulfonamides is 1. The van der Waals surface area contributed by atoms with Crippen LogP contribution in [0.1, 0.15) is 17.4 Å². The van der Waals surface area contributed by atoms with Crippen LogP contribution in [0.3, 0.4) is 0 Å². The van der Waals surface area contributed by atoms with Crippen LogP contribution in [0.4, 0.5) is 5.82 Å². The fourth-order valence-electron chi connectivity index (χ4n) is 1.17. The van der Waals surface area contributed by atoms with Crippen molar-refractivity contribution in [3.63, 3.8) is 0 Å². The van der Waals surface area contributed by atoms with E-state index < -0.39 is 15.9 Å². The van der Waals surface area contributed by atoms with E-state index in [9.17, 15) is 13.2 Å². The Morgan fingerprint density at radius 2 is 2.17 bits per heavy atom. The summed E-state index contributed by atoms with van der Waals surface area (Å²) >= 11 is 0. The molecule has 0 unspecified atom stereocenters. The third-order valence-electron chi connectivity index (χ3n) is 1.91. The number of amides is 1. The van der Waals surface area contributed by atoms with E-state index in [0.717, 1.165) is 0 Å². The van der Waals surface area contributed by atoms with Crippen molar-refractivity contribution in [3.8, 4) is 0 Å². The number of rotatable bonds is 6. The highest BCUT2D eigenvalue weighted by Crippen LogP contribution is 1.96. The van der Waals surface area contributed by atoms with Gasteiger partial charge in [-0.15, -0.1) is 0 Å². The van der Waals surface area contributed by atoms with Gasteiger partial charge in [0.15, 0.2) is 0 Å². The summed E-state index contributed by atoms with van der Waals surface area (Å²) < 4.78 is 24.9. The molecule has 1 aromatic heterocycles. The van der Waals surface area contributed by atoms with Gasteiger partial charge >= 0.3 is 0 Å². The Morgan fingerprint density at radius 1 is 1.44 bits per heavy atom. The van der Waals surface area contributed by atoms with Crippen LogP contribution in [0.2, 0.25) is 0 Å². The van der Waals surface area contributed by atoms with Crippen molar-refractivity contribution in [1.82, 2.24) is 20.0 Å². The first-order chi connectivity index (χ1) is 8.44. The first kappa shape index (κ1) is 14.3. The van der Waals surface area contributed by atoms with Crippen molar-refractivity contribution in [2.45, 2.75) is 6.92 Å². The Labute approximate surface area is 105 Å². The minimum Gasteiger partial charge on any atom is -0.382 e.